The first-order valence-electron chi connectivity index (χ1n) is 3.41. The number of rotatable bonds is 0. The minimum absolute atomic E-state index is 1.10. The Hall–Kier alpha value is 0.270. The summed E-state index contributed by atoms with van der Waals surface area (Å²) >= 11 is 4.28. The molecular weight excluding hydrogens is 132 g/mol. The summed E-state index contributed by atoms with van der Waals surface area (Å²) in [6, 6.07) is 0. The second-order valence-corrected chi connectivity index (χ2v) is 3.18. The average Bonchev–Trinajstić information content (AvgIpc) is 1.97. The van der Waals surface area contributed by atoms with E-state index >= 15 is 0 Å². The lowest BCUT2D eigenvalue weighted by Crippen LogP contribution is -2.23. The predicted octanol–water partition coefficient (Wildman–Crippen LogP) is 0.469. The molecule has 0 unspecified atom stereocenters. The molecule has 1 fully saturated rings. The van der Waals surface area contributed by atoms with Crippen LogP contribution in [0, 0.1) is 0 Å². The Morgan fingerprint density at radius 3 is 2.67 bits per heavy atom. The highest BCUT2D eigenvalue weighted by atomic mass is 32.1. The second-order valence-electron chi connectivity index (χ2n) is 2.61. The van der Waals surface area contributed by atoms with Crippen molar-refractivity contribution in [2.45, 2.75) is 6.42 Å². The van der Waals surface area contributed by atoms with Gasteiger partial charge in [0.15, 0.2) is 0 Å². The van der Waals surface area contributed by atoms with E-state index in [1.807, 2.05) is 0 Å². The van der Waals surface area contributed by atoms with Gasteiger partial charge in [0, 0.05) is 19.6 Å². The van der Waals surface area contributed by atoms with Crippen LogP contribution in [-0.2, 0) is 0 Å². The first-order valence-corrected chi connectivity index (χ1v) is 3.81. The van der Waals surface area contributed by atoms with E-state index in [9.17, 15) is 0 Å². The summed E-state index contributed by atoms with van der Waals surface area (Å²) in [6.45, 7) is 4.60. The van der Waals surface area contributed by atoms with Crippen molar-refractivity contribution < 1.29 is 0 Å². The fourth-order valence-corrected chi connectivity index (χ4v) is 1.26. The van der Waals surface area contributed by atoms with Crippen LogP contribution < -0.4 is 0 Å². The molecule has 1 heterocycles. The second kappa shape index (κ2) is 3.44. The number of hydrogen-bond donors (Lipinski definition) is 1. The smallest absolute Gasteiger partial charge is 0.0215 e. The zero-order chi connectivity index (χ0) is 6.69. The summed E-state index contributed by atoms with van der Waals surface area (Å²) in [6.07, 6.45) is 1.25. The Labute approximate surface area is 62.4 Å². The molecule has 0 amide bonds. The van der Waals surface area contributed by atoms with Crippen molar-refractivity contribution in [2.24, 2.45) is 0 Å². The van der Waals surface area contributed by atoms with Crippen LogP contribution in [0.15, 0.2) is 0 Å². The molecule has 1 aliphatic rings. The molecule has 1 aliphatic heterocycles. The highest BCUT2D eigenvalue weighted by Crippen LogP contribution is 2.01. The van der Waals surface area contributed by atoms with Crippen molar-refractivity contribution in [2.75, 3.05) is 33.2 Å². The highest BCUT2D eigenvalue weighted by Gasteiger charge is 2.07. The Morgan fingerprint density at radius 2 is 1.89 bits per heavy atom. The largest absolute Gasteiger partial charge is 0.305 e. The third-order valence-electron chi connectivity index (χ3n) is 1.70. The number of hydrogen-bond acceptors (Lipinski definition) is 3. The van der Waals surface area contributed by atoms with Crippen molar-refractivity contribution in [3.63, 3.8) is 0 Å². The summed E-state index contributed by atoms with van der Waals surface area (Å²) in [4.78, 5) is 2.34. The Morgan fingerprint density at radius 1 is 1.11 bits per heavy atom. The maximum absolute atomic E-state index is 4.28. The average molecular weight is 146 g/mol. The first kappa shape index (κ1) is 7.38. The fraction of sp³-hybridized carbons (Fsp3) is 1.00. The van der Waals surface area contributed by atoms with Gasteiger partial charge in [-0.05, 0) is 20.0 Å². The molecule has 0 bridgehead atoms. The predicted molar refractivity (Wildman–Crippen MR) is 42.7 cm³/mol. The lowest BCUT2D eigenvalue weighted by Gasteiger charge is -2.12. The van der Waals surface area contributed by atoms with E-state index in [-0.39, 0.29) is 0 Å². The Balaban J connectivity index is 2.25. The van der Waals surface area contributed by atoms with Gasteiger partial charge in [-0.15, -0.1) is 0 Å². The van der Waals surface area contributed by atoms with Crippen molar-refractivity contribution in [3.05, 3.63) is 0 Å². The zero-order valence-corrected chi connectivity index (χ0v) is 6.77. The van der Waals surface area contributed by atoms with Crippen molar-refractivity contribution in [3.8, 4) is 0 Å². The third kappa shape index (κ3) is 2.56. The SMILES string of the molecule is CN1CCCN(S)CC1. The lowest BCUT2D eigenvalue weighted by molar-refractivity contribution is 0.352. The summed E-state index contributed by atoms with van der Waals surface area (Å²) in [5.74, 6) is 0. The first-order chi connectivity index (χ1) is 4.29. The van der Waals surface area contributed by atoms with Crippen LogP contribution in [0.25, 0.3) is 0 Å². The zero-order valence-electron chi connectivity index (χ0n) is 5.88. The maximum atomic E-state index is 4.28. The molecule has 0 saturated carbocycles. The molecule has 0 aromatic carbocycles. The Kier molecular flexibility index (Phi) is 2.82. The molecule has 54 valence electrons. The van der Waals surface area contributed by atoms with E-state index in [1.165, 1.54) is 13.0 Å². The Bertz CT molecular complexity index is 77.1. The molecule has 1 saturated heterocycles. The van der Waals surface area contributed by atoms with Gasteiger partial charge in [-0.3, -0.25) is 4.31 Å². The van der Waals surface area contributed by atoms with Gasteiger partial charge in [0.25, 0.3) is 0 Å². The summed E-state index contributed by atoms with van der Waals surface area (Å²) in [5, 5.41) is 0. The summed E-state index contributed by atoms with van der Waals surface area (Å²) < 4.78 is 2.09. The lowest BCUT2D eigenvalue weighted by atomic mass is 10.4. The van der Waals surface area contributed by atoms with Crippen LogP contribution >= 0.6 is 12.8 Å². The summed E-state index contributed by atoms with van der Waals surface area (Å²) in [5.41, 5.74) is 0. The number of likely N-dealkylation sites (N-methyl/N-ethyl adjacent to an activating group) is 1. The molecule has 0 aromatic heterocycles. The van der Waals surface area contributed by atoms with Gasteiger partial charge in [0.05, 0.1) is 0 Å². The van der Waals surface area contributed by atoms with Crippen LogP contribution in [0.5, 0.6) is 0 Å². The van der Waals surface area contributed by atoms with Gasteiger partial charge in [-0.1, -0.05) is 12.8 Å². The molecule has 0 atom stereocenters. The summed E-state index contributed by atoms with van der Waals surface area (Å²) in [7, 11) is 2.16. The van der Waals surface area contributed by atoms with Crippen LogP contribution in [0.2, 0.25) is 0 Å². The van der Waals surface area contributed by atoms with Crippen LogP contribution in [-0.4, -0.2) is 42.4 Å². The van der Waals surface area contributed by atoms with Crippen LogP contribution in [0.4, 0.5) is 0 Å². The molecule has 0 aliphatic carbocycles. The van der Waals surface area contributed by atoms with E-state index in [2.05, 4.69) is 29.1 Å². The normalized spacial score (nSPS) is 26.0. The van der Waals surface area contributed by atoms with E-state index in [0.717, 1.165) is 19.6 Å². The molecule has 0 radical (unpaired) electrons. The molecule has 0 N–H and O–H groups in total. The minimum atomic E-state index is 1.10. The van der Waals surface area contributed by atoms with E-state index in [4.69, 9.17) is 0 Å². The molecule has 0 aromatic rings. The van der Waals surface area contributed by atoms with Gasteiger partial charge in [-0.25, -0.2) is 0 Å². The molecular formula is C6H14N2S. The van der Waals surface area contributed by atoms with Crippen LogP contribution in [0.1, 0.15) is 6.42 Å². The minimum Gasteiger partial charge on any atom is -0.305 e. The molecule has 2 nitrogen and oxygen atoms in total. The van der Waals surface area contributed by atoms with Gasteiger partial charge >= 0.3 is 0 Å². The van der Waals surface area contributed by atoms with Gasteiger partial charge < -0.3 is 4.90 Å². The maximum Gasteiger partial charge on any atom is 0.0215 e. The molecule has 0 spiro atoms. The molecule has 3 heteroatoms. The monoisotopic (exact) mass is 146 g/mol. The highest BCUT2D eigenvalue weighted by molar-refractivity contribution is 7.77. The van der Waals surface area contributed by atoms with Crippen molar-refractivity contribution in [1.82, 2.24) is 9.21 Å². The van der Waals surface area contributed by atoms with Crippen molar-refractivity contribution in [1.29, 1.82) is 0 Å². The third-order valence-corrected chi connectivity index (χ3v) is 2.10. The van der Waals surface area contributed by atoms with Gasteiger partial charge in [0.1, 0.15) is 0 Å². The standard InChI is InChI=1S/C6H14N2S/c1-7-3-2-4-8(9)6-5-7/h9H,2-6H2,1H3. The topological polar surface area (TPSA) is 6.48 Å². The van der Waals surface area contributed by atoms with Crippen molar-refractivity contribution >= 4 is 12.8 Å². The number of thiol groups is 1. The quantitative estimate of drug-likeness (QED) is 0.496. The van der Waals surface area contributed by atoms with E-state index < -0.39 is 0 Å². The van der Waals surface area contributed by atoms with Gasteiger partial charge in [-0.2, -0.15) is 0 Å². The van der Waals surface area contributed by atoms with E-state index in [1.54, 1.807) is 0 Å². The molecule has 9 heavy (non-hydrogen) atoms. The number of nitrogens with zero attached hydrogens (tertiary/aromatic N) is 2. The van der Waals surface area contributed by atoms with Crippen LogP contribution in [0.3, 0.4) is 0 Å². The van der Waals surface area contributed by atoms with Gasteiger partial charge in [0.2, 0.25) is 0 Å². The fourth-order valence-electron chi connectivity index (χ4n) is 1.03. The molecule has 1 rings (SSSR count). The van der Waals surface area contributed by atoms with E-state index in [0.29, 0.717) is 0 Å².